The summed E-state index contributed by atoms with van der Waals surface area (Å²) in [7, 11) is 1.36. The van der Waals surface area contributed by atoms with Crippen LogP contribution in [0, 0.1) is 6.92 Å². The summed E-state index contributed by atoms with van der Waals surface area (Å²) < 4.78 is 4.79. The Labute approximate surface area is 125 Å². The fraction of sp³-hybridized carbons (Fsp3) is 0.412. The predicted octanol–water partition coefficient (Wildman–Crippen LogP) is 2.56. The molecule has 21 heavy (non-hydrogen) atoms. The topological polar surface area (TPSA) is 46.6 Å². The van der Waals surface area contributed by atoms with E-state index in [1.54, 1.807) is 11.0 Å². The van der Waals surface area contributed by atoms with Crippen LogP contribution >= 0.6 is 0 Å². The Morgan fingerprint density at radius 1 is 1.24 bits per heavy atom. The van der Waals surface area contributed by atoms with Crippen LogP contribution in [0.15, 0.2) is 30.3 Å². The van der Waals surface area contributed by atoms with Gasteiger partial charge in [-0.25, -0.2) is 4.79 Å². The molecule has 4 heteroatoms. The average molecular weight is 287 g/mol. The van der Waals surface area contributed by atoms with Crippen molar-refractivity contribution in [3.63, 3.8) is 0 Å². The van der Waals surface area contributed by atoms with Gasteiger partial charge in [0.05, 0.1) is 7.11 Å². The summed E-state index contributed by atoms with van der Waals surface area (Å²) in [6.07, 6.45) is 5.87. The van der Waals surface area contributed by atoms with Crippen LogP contribution < -0.4 is 0 Å². The van der Waals surface area contributed by atoms with Gasteiger partial charge in [-0.05, 0) is 37.8 Å². The molecule has 0 radical (unpaired) electrons. The Kier molecular flexibility index (Phi) is 5.14. The molecule has 1 aliphatic heterocycles. The van der Waals surface area contributed by atoms with Crippen LogP contribution in [0.5, 0.6) is 0 Å². The molecule has 1 saturated heterocycles. The molecule has 1 fully saturated rings. The van der Waals surface area contributed by atoms with Crippen molar-refractivity contribution >= 4 is 18.0 Å². The fourth-order valence-corrected chi connectivity index (χ4v) is 2.52. The molecule has 1 aromatic carbocycles. The van der Waals surface area contributed by atoms with Gasteiger partial charge < -0.3 is 9.64 Å². The Balaban J connectivity index is 2.06. The number of aryl methyl sites for hydroxylation is 1. The Hall–Kier alpha value is -2.10. The van der Waals surface area contributed by atoms with Crippen molar-refractivity contribution in [1.82, 2.24) is 4.90 Å². The van der Waals surface area contributed by atoms with Gasteiger partial charge in [-0.3, -0.25) is 4.79 Å². The lowest BCUT2D eigenvalue weighted by atomic mass is 10.0. The molecular formula is C17H21NO3. The smallest absolute Gasteiger partial charge is 0.328 e. The highest BCUT2D eigenvalue weighted by Crippen LogP contribution is 2.19. The number of ether oxygens (including phenoxy) is 1. The molecular weight excluding hydrogens is 266 g/mol. The fourth-order valence-electron chi connectivity index (χ4n) is 2.52. The summed E-state index contributed by atoms with van der Waals surface area (Å²) >= 11 is 0. The molecule has 0 N–H and O–H groups in total. The number of benzene rings is 1. The first kappa shape index (κ1) is 15.3. The van der Waals surface area contributed by atoms with Crippen molar-refractivity contribution in [2.75, 3.05) is 13.7 Å². The van der Waals surface area contributed by atoms with Crippen molar-refractivity contribution in [3.8, 4) is 0 Å². The van der Waals surface area contributed by atoms with Crippen LogP contribution in [-0.2, 0) is 14.3 Å². The second-order valence-corrected chi connectivity index (χ2v) is 5.31. The van der Waals surface area contributed by atoms with Crippen LogP contribution in [-0.4, -0.2) is 36.5 Å². The maximum Gasteiger partial charge on any atom is 0.328 e. The number of carbonyl (C=O) groups is 2. The minimum absolute atomic E-state index is 0.134. The summed E-state index contributed by atoms with van der Waals surface area (Å²) in [5, 5.41) is 0. The lowest BCUT2D eigenvalue weighted by Gasteiger charge is -2.32. The van der Waals surface area contributed by atoms with E-state index in [-0.39, 0.29) is 11.9 Å². The number of hydrogen-bond acceptors (Lipinski definition) is 3. The lowest BCUT2D eigenvalue weighted by Crippen LogP contribution is -2.47. The third kappa shape index (κ3) is 3.94. The molecule has 0 aromatic heterocycles. The second kappa shape index (κ2) is 7.07. The van der Waals surface area contributed by atoms with Gasteiger partial charge in [0.1, 0.15) is 6.04 Å². The third-order valence-corrected chi connectivity index (χ3v) is 3.75. The molecule has 1 aliphatic rings. The van der Waals surface area contributed by atoms with E-state index in [4.69, 9.17) is 4.74 Å². The van der Waals surface area contributed by atoms with Gasteiger partial charge in [-0.1, -0.05) is 29.8 Å². The summed E-state index contributed by atoms with van der Waals surface area (Å²) in [6, 6.07) is 7.49. The first-order valence-corrected chi connectivity index (χ1v) is 7.25. The molecule has 4 nitrogen and oxygen atoms in total. The van der Waals surface area contributed by atoms with Crippen molar-refractivity contribution < 1.29 is 14.3 Å². The normalized spacial score (nSPS) is 18.8. The molecule has 0 aliphatic carbocycles. The van der Waals surface area contributed by atoms with E-state index in [1.807, 2.05) is 31.2 Å². The minimum atomic E-state index is -0.445. The van der Waals surface area contributed by atoms with Crippen LogP contribution in [0.2, 0.25) is 0 Å². The van der Waals surface area contributed by atoms with E-state index >= 15 is 0 Å². The summed E-state index contributed by atoms with van der Waals surface area (Å²) in [5.74, 6) is -0.461. The maximum atomic E-state index is 12.3. The van der Waals surface area contributed by atoms with Crippen molar-refractivity contribution in [3.05, 3.63) is 41.5 Å². The summed E-state index contributed by atoms with van der Waals surface area (Å²) in [4.78, 5) is 25.7. The zero-order valence-corrected chi connectivity index (χ0v) is 12.5. The van der Waals surface area contributed by atoms with Crippen molar-refractivity contribution in [2.24, 2.45) is 0 Å². The van der Waals surface area contributed by atoms with Crippen LogP contribution in [0.3, 0.4) is 0 Å². The quantitative estimate of drug-likeness (QED) is 0.634. The predicted molar refractivity (Wildman–Crippen MR) is 81.6 cm³/mol. The highest BCUT2D eigenvalue weighted by Gasteiger charge is 2.31. The zero-order chi connectivity index (χ0) is 15.2. The molecule has 0 saturated carbocycles. The summed E-state index contributed by atoms with van der Waals surface area (Å²) in [5.41, 5.74) is 2.15. The molecule has 0 spiro atoms. The second-order valence-electron chi connectivity index (χ2n) is 5.31. The van der Waals surface area contributed by atoms with Crippen LogP contribution in [0.25, 0.3) is 6.08 Å². The monoisotopic (exact) mass is 287 g/mol. The van der Waals surface area contributed by atoms with Crippen LogP contribution in [0.4, 0.5) is 0 Å². The zero-order valence-electron chi connectivity index (χ0n) is 12.5. The first-order chi connectivity index (χ1) is 10.1. The first-order valence-electron chi connectivity index (χ1n) is 7.25. The summed E-state index contributed by atoms with van der Waals surface area (Å²) in [6.45, 7) is 2.63. The van der Waals surface area contributed by atoms with E-state index in [2.05, 4.69) is 0 Å². The van der Waals surface area contributed by atoms with Gasteiger partial charge in [0, 0.05) is 12.6 Å². The van der Waals surface area contributed by atoms with Gasteiger partial charge in [0.2, 0.25) is 5.91 Å². The number of amides is 1. The third-order valence-electron chi connectivity index (χ3n) is 3.75. The molecule has 1 heterocycles. The average Bonchev–Trinajstić information content (AvgIpc) is 2.53. The van der Waals surface area contributed by atoms with Crippen LogP contribution in [0.1, 0.15) is 30.4 Å². The molecule has 2 rings (SSSR count). The Bertz CT molecular complexity index is 533. The number of likely N-dealkylation sites (tertiary alicyclic amines) is 1. The standard InChI is InChI=1S/C17H21NO3/c1-13-6-8-14(9-7-13)10-11-16(19)18-12-4-3-5-15(18)17(20)21-2/h6-11,15H,3-5,12H2,1-2H3/b11-10+. The van der Waals surface area contributed by atoms with E-state index in [1.165, 1.54) is 18.7 Å². The van der Waals surface area contributed by atoms with Gasteiger partial charge >= 0.3 is 5.97 Å². The maximum absolute atomic E-state index is 12.3. The van der Waals surface area contributed by atoms with Crippen molar-refractivity contribution in [1.29, 1.82) is 0 Å². The van der Waals surface area contributed by atoms with E-state index in [0.29, 0.717) is 13.0 Å². The number of esters is 1. The van der Waals surface area contributed by atoms with E-state index in [0.717, 1.165) is 18.4 Å². The minimum Gasteiger partial charge on any atom is -0.467 e. The molecule has 1 atom stereocenters. The number of piperidine rings is 1. The van der Waals surface area contributed by atoms with Gasteiger partial charge in [-0.15, -0.1) is 0 Å². The Morgan fingerprint density at radius 2 is 1.95 bits per heavy atom. The highest BCUT2D eigenvalue weighted by atomic mass is 16.5. The molecule has 1 amide bonds. The highest BCUT2D eigenvalue weighted by molar-refractivity contribution is 5.94. The molecule has 1 unspecified atom stereocenters. The molecule has 0 bridgehead atoms. The number of rotatable bonds is 3. The van der Waals surface area contributed by atoms with Gasteiger partial charge in [0.25, 0.3) is 0 Å². The van der Waals surface area contributed by atoms with E-state index < -0.39 is 6.04 Å². The SMILES string of the molecule is COC(=O)C1CCCCN1C(=O)/C=C/c1ccc(C)cc1. The lowest BCUT2D eigenvalue weighted by molar-refractivity contribution is -0.153. The van der Waals surface area contributed by atoms with Gasteiger partial charge in [-0.2, -0.15) is 0 Å². The molecule has 112 valence electrons. The Morgan fingerprint density at radius 3 is 2.62 bits per heavy atom. The number of hydrogen-bond donors (Lipinski definition) is 0. The van der Waals surface area contributed by atoms with Crippen molar-refractivity contribution in [2.45, 2.75) is 32.2 Å². The number of nitrogens with zero attached hydrogens (tertiary/aromatic N) is 1. The largest absolute Gasteiger partial charge is 0.467 e. The number of methoxy groups -OCH3 is 1. The molecule has 1 aromatic rings. The van der Waals surface area contributed by atoms with Gasteiger partial charge in [0.15, 0.2) is 0 Å². The van der Waals surface area contributed by atoms with E-state index in [9.17, 15) is 9.59 Å². The number of carbonyl (C=O) groups excluding carboxylic acids is 2.